The first kappa shape index (κ1) is 11.6. The van der Waals surface area contributed by atoms with Gasteiger partial charge in [0.25, 0.3) is 0 Å². The van der Waals surface area contributed by atoms with Crippen LogP contribution in [0.2, 0.25) is 0 Å². The minimum Gasteiger partial charge on any atom is -0.349 e. The van der Waals surface area contributed by atoms with Crippen LogP contribution in [0.25, 0.3) is 5.69 Å². The molecule has 17 heavy (non-hydrogen) atoms. The van der Waals surface area contributed by atoms with Crippen molar-refractivity contribution in [2.24, 2.45) is 0 Å². The Morgan fingerprint density at radius 1 is 1.35 bits per heavy atom. The van der Waals surface area contributed by atoms with Crippen LogP contribution in [0.1, 0.15) is 5.69 Å². The van der Waals surface area contributed by atoms with Gasteiger partial charge in [0, 0.05) is 0 Å². The van der Waals surface area contributed by atoms with Gasteiger partial charge in [0.05, 0.1) is 18.4 Å². The summed E-state index contributed by atoms with van der Waals surface area (Å²) in [5.74, 6) is -0.270. The predicted molar refractivity (Wildman–Crippen MR) is 63.9 cm³/mol. The van der Waals surface area contributed by atoms with Gasteiger partial charge in [0.1, 0.15) is 11.6 Å². The van der Waals surface area contributed by atoms with Gasteiger partial charge in [-0.2, -0.15) is 15.0 Å². The van der Waals surface area contributed by atoms with Gasteiger partial charge in [-0.1, -0.05) is 18.2 Å². The number of halogens is 1. The Labute approximate surface area is 103 Å². The molecule has 1 heterocycles. The molecule has 0 saturated carbocycles. The quantitative estimate of drug-likeness (QED) is 0.828. The Hall–Kier alpha value is -1.88. The molecule has 6 heteroatoms. The fraction of sp³-hybridized carbons (Fsp3) is 0.182. The number of para-hydroxylation sites is 1. The number of alkyl halides is 1. The third-order valence-electron chi connectivity index (χ3n) is 2.11. The molecule has 0 aliphatic rings. The van der Waals surface area contributed by atoms with E-state index in [1.807, 2.05) is 30.3 Å². The van der Waals surface area contributed by atoms with Crippen molar-refractivity contribution in [2.45, 2.75) is 6.54 Å². The highest BCUT2D eigenvalue weighted by molar-refractivity contribution is 6.27. The Morgan fingerprint density at radius 2 is 2.12 bits per heavy atom. The van der Waals surface area contributed by atoms with E-state index in [9.17, 15) is 4.79 Å². The van der Waals surface area contributed by atoms with Crippen LogP contribution in [0.4, 0.5) is 0 Å². The first-order chi connectivity index (χ1) is 8.29. The first-order valence-corrected chi connectivity index (χ1v) is 5.62. The van der Waals surface area contributed by atoms with Gasteiger partial charge in [0.15, 0.2) is 0 Å². The number of nitrogens with zero attached hydrogens (tertiary/aromatic N) is 3. The summed E-state index contributed by atoms with van der Waals surface area (Å²) < 4.78 is 0. The maximum Gasteiger partial charge on any atom is 0.235 e. The monoisotopic (exact) mass is 250 g/mol. The second kappa shape index (κ2) is 5.45. The van der Waals surface area contributed by atoms with Gasteiger partial charge in [-0.05, 0) is 12.1 Å². The van der Waals surface area contributed by atoms with E-state index in [1.165, 1.54) is 4.80 Å². The average molecular weight is 251 g/mol. The molecular formula is C11H11ClN4O. The average Bonchev–Trinajstić information content (AvgIpc) is 2.86. The van der Waals surface area contributed by atoms with Crippen molar-refractivity contribution >= 4 is 17.5 Å². The summed E-state index contributed by atoms with van der Waals surface area (Å²) in [6, 6.07) is 9.55. The number of carbonyl (C=O) groups excluding carboxylic acids is 1. The minimum atomic E-state index is -0.221. The van der Waals surface area contributed by atoms with Crippen LogP contribution in [0.5, 0.6) is 0 Å². The summed E-state index contributed by atoms with van der Waals surface area (Å²) in [5.41, 5.74) is 1.56. The summed E-state index contributed by atoms with van der Waals surface area (Å²) in [6.45, 7) is 0.332. The van der Waals surface area contributed by atoms with E-state index in [0.717, 1.165) is 5.69 Å². The second-order valence-corrected chi connectivity index (χ2v) is 3.64. The number of hydrogen-bond acceptors (Lipinski definition) is 3. The molecule has 0 bridgehead atoms. The van der Waals surface area contributed by atoms with Crippen LogP contribution >= 0.6 is 11.6 Å². The number of carbonyl (C=O) groups is 1. The van der Waals surface area contributed by atoms with E-state index in [2.05, 4.69) is 15.5 Å². The van der Waals surface area contributed by atoms with E-state index in [0.29, 0.717) is 12.2 Å². The fourth-order valence-electron chi connectivity index (χ4n) is 1.30. The van der Waals surface area contributed by atoms with Crippen molar-refractivity contribution in [1.29, 1.82) is 0 Å². The minimum absolute atomic E-state index is 0.0488. The van der Waals surface area contributed by atoms with E-state index in [1.54, 1.807) is 6.20 Å². The molecule has 0 saturated heterocycles. The molecule has 0 fully saturated rings. The Balaban J connectivity index is 2.04. The molecular weight excluding hydrogens is 240 g/mol. The third kappa shape index (κ3) is 3.04. The maximum absolute atomic E-state index is 11.0. The lowest BCUT2D eigenvalue weighted by Crippen LogP contribution is -2.23. The number of nitrogens with one attached hydrogen (secondary N) is 1. The number of amides is 1. The topological polar surface area (TPSA) is 59.8 Å². The molecule has 0 unspecified atom stereocenters. The standard InChI is InChI=1S/C11H11ClN4O/c12-6-11(17)13-7-9-8-14-16(15-9)10-4-2-1-3-5-10/h1-5,8H,6-7H2,(H,13,17). The van der Waals surface area contributed by atoms with E-state index in [4.69, 9.17) is 11.6 Å². The zero-order valence-electron chi connectivity index (χ0n) is 9.01. The van der Waals surface area contributed by atoms with Crippen LogP contribution in [0, 0.1) is 0 Å². The van der Waals surface area contributed by atoms with Crippen molar-refractivity contribution in [2.75, 3.05) is 5.88 Å². The molecule has 2 aromatic rings. The third-order valence-corrected chi connectivity index (χ3v) is 2.36. The summed E-state index contributed by atoms with van der Waals surface area (Å²) in [4.78, 5) is 12.5. The van der Waals surface area contributed by atoms with Gasteiger partial charge in [-0.25, -0.2) is 0 Å². The van der Waals surface area contributed by atoms with Gasteiger partial charge in [-0.15, -0.1) is 11.6 Å². The maximum atomic E-state index is 11.0. The Morgan fingerprint density at radius 3 is 2.82 bits per heavy atom. The van der Waals surface area contributed by atoms with Crippen LogP contribution < -0.4 is 5.32 Å². The lowest BCUT2D eigenvalue weighted by Gasteiger charge is -1.99. The molecule has 0 spiro atoms. The zero-order chi connectivity index (χ0) is 12.1. The largest absolute Gasteiger partial charge is 0.349 e. The van der Waals surface area contributed by atoms with Gasteiger partial charge >= 0.3 is 0 Å². The van der Waals surface area contributed by atoms with E-state index >= 15 is 0 Å². The van der Waals surface area contributed by atoms with Crippen LogP contribution in [-0.2, 0) is 11.3 Å². The molecule has 0 atom stereocenters. The summed E-state index contributed by atoms with van der Waals surface area (Å²) >= 11 is 5.37. The van der Waals surface area contributed by atoms with Gasteiger partial charge in [-0.3, -0.25) is 4.79 Å². The van der Waals surface area contributed by atoms with Crippen LogP contribution in [0.3, 0.4) is 0 Å². The highest BCUT2D eigenvalue weighted by Gasteiger charge is 2.04. The molecule has 1 N–H and O–H groups in total. The molecule has 1 aromatic carbocycles. The first-order valence-electron chi connectivity index (χ1n) is 5.09. The van der Waals surface area contributed by atoms with Crippen molar-refractivity contribution in [3.63, 3.8) is 0 Å². The van der Waals surface area contributed by atoms with Crippen LogP contribution in [-0.4, -0.2) is 26.8 Å². The molecule has 1 aromatic heterocycles. The van der Waals surface area contributed by atoms with Gasteiger partial charge < -0.3 is 5.32 Å². The van der Waals surface area contributed by atoms with E-state index < -0.39 is 0 Å². The zero-order valence-corrected chi connectivity index (χ0v) is 9.76. The molecule has 0 aliphatic carbocycles. The number of benzene rings is 1. The number of aromatic nitrogens is 3. The highest BCUT2D eigenvalue weighted by atomic mass is 35.5. The summed E-state index contributed by atoms with van der Waals surface area (Å²) in [7, 11) is 0. The number of hydrogen-bond donors (Lipinski definition) is 1. The van der Waals surface area contributed by atoms with Crippen molar-refractivity contribution in [1.82, 2.24) is 20.3 Å². The smallest absolute Gasteiger partial charge is 0.235 e. The molecule has 0 aliphatic heterocycles. The SMILES string of the molecule is O=C(CCl)NCc1cnn(-c2ccccc2)n1. The fourth-order valence-corrected chi connectivity index (χ4v) is 1.39. The molecule has 88 valence electrons. The van der Waals surface area contributed by atoms with E-state index in [-0.39, 0.29) is 11.8 Å². The Bertz CT molecular complexity index is 497. The number of rotatable bonds is 4. The molecule has 2 rings (SSSR count). The van der Waals surface area contributed by atoms with Crippen molar-refractivity contribution < 1.29 is 4.79 Å². The second-order valence-electron chi connectivity index (χ2n) is 3.37. The van der Waals surface area contributed by atoms with Gasteiger partial charge in [0.2, 0.25) is 5.91 Å². The lowest BCUT2D eigenvalue weighted by molar-refractivity contribution is -0.118. The predicted octanol–water partition coefficient (Wildman–Crippen LogP) is 1.12. The van der Waals surface area contributed by atoms with Crippen molar-refractivity contribution in [3.8, 4) is 5.69 Å². The molecule has 5 nitrogen and oxygen atoms in total. The Kier molecular flexibility index (Phi) is 3.72. The highest BCUT2D eigenvalue weighted by Crippen LogP contribution is 2.03. The lowest BCUT2D eigenvalue weighted by atomic mass is 10.3. The van der Waals surface area contributed by atoms with Crippen molar-refractivity contribution in [3.05, 3.63) is 42.2 Å². The molecule has 1 amide bonds. The normalized spacial score (nSPS) is 10.2. The van der Waals surface area contributed by atoms with Crippen LogP contribution in [0.15, 0.2) is 36.5 Å². The summed E-state index contributed by atoms with van der Waals surface area (Å²) in [5, 5.41) is 11.0. The molecule has 0 radical (unpaired) electrons. The summed E-state index contributed by atoms with van der Waals surface area (Å²) in [6.07, 6.45) is 1.61.